The Morgan fingerprint density at radius 2 is 1.43 bits per heavy atom. The van der Waals surface area contributed by atoms with Gasteiger partial charge in [-0.05, 0) is 60.5 Å². The Hall–Kier alpha value is -3.91. The molecule has 0 saturated carbocycles. The maximum atomic E-state index is 12.5. The van der Waals surface area contributed by atoms with Gasteiger partial charge in [0.2, 0.25) is 0 Å². The zero-order chi connectivity index (χ0) is 19.9. The number of benzene rings is 3. The SMILES string of the molecule is CCc1ccc(NC(=O)c2cccc(C(=O)Nc3cccc(C#N)c3)c2)cc1. The average Bonchev–Trinajstić information content (AvgIpc) is 2.74. The van der Waals surface area contributed by atoms with Crippen LogP contribution in [0.1, 0.15) is 38.8 Å². The van der Waals surface area contributed by atoms with E-state index >= 15 is 0 Å². The summed E-state index contributed by atoms with van der Waals surface area (Å²) >= 11 is 0. The van der Waals surface area contributed by atoms with E-state index in [1.807, 2.05) is 30.3 Å². The topological polar surface area (TPSA) is 82.0 Å². The molecule has 0 aliphatic heterocycles. The van der Waals surface area contributed by atoms with Crippen LogP contribution < -0.4 is 10.6 Å². The molecule has 5 nitrogen and oxygen atoms in total. The van der Waals surface area contributed by atoms with E-state index in [-0.39, 0.29) is 11.8 Å². The molecule has 0 aliphatic rings. The lowest BCUT2D eigenvalue weighted by Crippen LogP contribution is -2.15. The van der Waals surface area contributed by atoms with Gasteiger partial charge in [0.05, 0.1) is 11.6 Å². The van der Waals surface area contributed by atoms with Crippen LogP contribution in [-0.2, 0) is 6.42 Å². The van der Waals surface area contributed by atoms with Gasteiger partial charge in [-0.1, -0.05) is 31.2 Å². The Bertz CT molecular complexity index is 1050. The van der Waals surface area contributed by atoms with Gasteiger partial charge in [0.25, 0.3) is 11.8 Å². The highest BCUT2D eigenvalue weighted by molar-refractivity contribution is 6.08. The third-order valence-corrected chi connectivity index (χ3v) is 4.26. The minimum absolute atomic E-state index is 0.287. The van der Waals surface area contributed by atoms with Crippen molar-refractivity contribution in [3.05, 3.63) is 95.1 Å². The molecule has 0 radical (unpaired) electrons. The van der Waals surface area contributed by atoms with E-state index < -0.39 is 0 Å². The summed E-state index contributed by atoms with van der Waals surface area (Å²) in [7, 11) is 0. The monoisotopic (exact) mass is 369 g/mol. The molecule has 0 heterocycles. The minimum atomic E-state index is -0.350. The number of nitrogens with zero attached hydrogens (tertiary/aromatic N) is 1. The van der Waals surface area contributed by atoms with E-state index in [0.29, 0.717) is 28.1 Å². The molecule has 0 saturated heterocycles. The molecule has 0 atom stereocenters. The predicted molar refractivity (Wildman–Crippen MR) is 109 cm³/mol. The lowest BCUT2D eigenvalue weighted by Gasteiger charge is -2.09. The van der Waals surface area contributed by atoms with Gasteiger partial charge >= 0.3 is 0 Å². The number of hydrogen-bond donors (Lipinski definition) is 2. The highest BCUT2D eigenvalue weighted by Crippen LogP contribution is 2.15. The molecular weight excluding hydrogens is 350 g/mol. The van der Waals surface area contributed by atoms with Crippen molar-refractivity contribution in [2.45, 2.75) is 13.3 Å². The van der Waals surface area contributed by atoms with Crippen molar-refractivity contribution < 1.29 is 9.59 Å². The highest BCUT2D eigenvalue weighted by atomic mass is 16.2. The molecule has 28 heavy (non-hydrogen) atoms. The van der Waals surface area contributed by atoms with Gasteiger partial charge in [-0.15, -0.1) is 0 Å². The molecule has 5 heteroatoms. The molecule has 0 unspecified atom stereocenters. The number of rotatable bonds is 5. The standard InChI is InChI=1S/C23H19N3O2/c1-2-16-9-11-20(12-10-16)25-22(27)18-6-4-7-19(14-18)23(28)26-21-8-3-5-17(13-21)15-24/h3-14H,2H2,1H3,(H,25,27)(H,26,28). The quantitative estimate of drug-likeness (QED) is 0.688. The van der Waals surface area contributed by atoms with Crippen LogP contribution in [0.15, 0.2) is 72.8 Å². The number of aryl methyl sites for hydroxylation is 1. The summed E-state index contributed by atoms with van der Waals surface area (Å²) in [4.78, 5) is 25.0. The molecule has 2 N–H and O–H groups in total. The van der Waals surface area contributed by atoms with Crippen molar-refractivity contribution in [1.82, 2.24) is 0 Å². The Kier molecular flexibility index (Phi) is 5.83. The van der Waals surface area contributed by atoms with E-state index in [1.165, 1.54) is 5.56 Å². The minimum Gasteiger partial charge on any atom is -0.322 e. The van der Waals surface area contributed by atoms with E-state index in [9.17, 15) is 9.59 Å². The molecular formula is C23H19N3O2. The summed E-state index contributed by atoms with van der Waals surface area (Å²) < 4.78 is 0. The largest absolute Gasteiger partial charge is 0.322 e. The first-order valence-corrected chi connectivity index (χ1v) is 8.91. The summed E-state index contributed by atoms with van der Waals surface area (Å²) in [5.41, 5.74) is 3.62. The third kappa shape index (κ3) is 4.63. The van der Waals surface area contributed by atoms with Crippen LogP contribution in [-0.4, -0.2) is 11.8 Å². The van der Waals surface area contributed by atoms with Crippen molar-refractivity contribution >= 4 is 23.2 Å². The maximum Gasteiger partial charge on any atom is 0.255 e. The first-order chi connectivity index (χ1) is 13.6. The first kappa shape index (κ1) is 18.9. The van der Waals surface area contributed by atoms with Crippen molar-refractivity contribution in [2.24, 2.45) is 0 Å². The van der Waals surface area contributed by atoms with Gasteiger partial charge in [-0.3, -0.25) is 9.59 Å². The number of amides is 2. The number of hydrogen-bond acceptors (Lipinski definition) is 3. The Morgan fingerprint density at radius 1 is 0.821 bits per heavy atom. The van der Waals surface area contributed by atoms with Crippen LogP contribution in [0.2, 0.25) is 0 Å². The summed E-state index contributed by atoms with van der Waals surface area (Å²) in [6.07, 6.45) is 0.933. The van der Waals surface area contributed by atoms with Crippen LogP contribution in [0.3, 0.4) is 0 Å². The third-order valence-electron chi connectivity index (χ3n) is 4.26. The fraction of sp³-hybridized carbons (Fsp3) is 0.0870. The zero-order valence-corrected chi connectivity index (χ0v) is 15.4. The van der Waals surface area contributed by atoms with Crippen LogP contribution >= 0.6 is 0 Å². The van der Waals surface area contributed by atoms with Crippen molar-refractivity contribution in [2.75, 3.05) is 10.6 Å². The van der Waals surface area contributed by atoms with Gasteiger partial charge in [0.15, 0.2) is 0 Å². The van der Waals surface area contributed by atoms with Crippen molar-refractivity contribution in [3.63, 3.8) is 0 Å². The van der Waals surface area contributed by atoms with E-state index in [2.05, 4.69) is 17.6 Å². The number of carbonyl (C=O) groups is 2. The van der Waals surface area contributed by atoms with E-state index in [0.717, 1.165) is 6.42 Å². The van der Waals surface area contributed by atoms with Gasteiger partial charge in [0, 0.05) is 22.5 Å². The first-order valence-electron chi connectivity index (χ1n) is 8.91. The lowest BCUT2D eigenvalue weighted by molar-refractivity contribution is 0.102. The fourth-order valence-corrected chi connectivity index (χ4v) is 2.70. The normalized spacial score (nSPS) is 10.0. The van der Waals surface area contributed by atoms with E-state index in [4.69, 9.17) is 5.26 Å². The smallest absolute Gasteiger partial charge is 0.255 e. The molecule has 0 aliphatic carbocycles. The highest BCUT2D eigenvalue weighted by Gasteiger charge is 2.11. The molecule has 3 aromatic carbocycles. The van der Waals surface area contributed by atoms with Gasteiger partial charge in [-0.2, -0.15) is 5.26 Å². The maximum absolute atomic E-state index is 12.5. The van der Waals surface area contributed by atoms with Crippen LogP contribution in [0.4, 0.5) is 11.4 Å². The van der Waals surface area contributed by atoms with Crippen LogP contribution in [0.25, 0.3) is 0 Å². The second-order valence-corrected chi connectivity index (χ2v) is 6.23. The molecule has 0 aromatic heterocycles. The average molecular weight is 369 g/mol. The Labute approximate surface area is 163 Å². The van der Waals surface area contributed by atoms with Gasteiger partial charge in [0.1, 0.15) is 0 Å². The summed E-state index contributed by atoms with van der Waals surface area (Å²) in [6.45, 7) is 2.07. The summed E-state index contributed by atoms with van der Waals surface area (Å²) in [5, 5.41) is 14.5. The Morgan fingerprint density at radius 3 is 2.04 bits per heavy atom. The molecule has 3 rings (SSSR count). The lowest BCUT2D eigenvalue weighted by atomic mass is 10.1. The van der Waals surface area contributed by atoms with Crippen LogP contribution in [0, 0.1) is 11.3 Å². The van der Waals surface area contributed by atoms with Crippen molar-refractivity contribution in [1.29, 1.82) is 5.26 Å². The second-order valence-electron chi connectivity index (χ2n) is 6.23. The number of nitrogens with one attached hydrogen (secondary N) is 2. The predicted octanol–water partition coefficient (Wildman–Crippen LogP) is 4.63. The fourth-order valence-electron chi connectivity index (χ4n) is 2.70. The number of anilines is 2. The van der Waals surface area contributed by atoms with Crippen LogP contribution in [0.5, 0.6) is 0 Å². The number of carbonyl (C=O) groups excluding carboxylic acids is 2. The van der Waals surface area contributed by atoms with Gasteiger partial charge in [-0.25, -0.2) is 0 Å². The summed E-state index contributed by atoms with van der Waals surface area (Å²) in [5.74, 6) is -0.637. The molecule has 0 bridgehead atoms. The Balaban J connectivity index is 1.72. The number of nitriles is 1. The summed E-state index contributed by atoms with van der Waals surface area (Å²) in [6, 6.07) is 22.8. The molecule has 138 valence electrons. The zero-order valence-electron chi connectivity index (χ0n) is 15.4. The molecule has 0 fully saturated rings. The van der Waals surface area contributed by atoms with Gasteiger partial charge < -0.3 is 10.6 Å². The molecule has 0 spiro atoms. The van der Waals surface area contributed by atoms with Crippen molar-refractivity contribution in [3.8, 4) is 6.07 Å². The molecule has 3 aromatic rings. The van der Waals surface area contributed by atoms with E-state index in [1.54, 1.807) is 48.5 Å². The molecule has 2 amide bonds. The second kappa shape index (κ2) is 8.65.